The van der Waals surface area contributed by atoms with Crippen molar-refractivity contribution in [2.24, 2.45) is 0 Å². The Bertz CT molecular complexity index is 1090. The number of hydrogen-bond donors (Lipinski definition) is 1. The highest BCUT2D eigenvalue weighted by molar-refractivity contribution is 7.99. The molecule has 1 fully saturated rings. The molecule has 0 saturated carbocycles. The first-order chi connectivity index (χ1) is 15.5. The standard InChI is InChI=1S/C24H27N5O2S/c1-17(2)19-8-10-21(11-9-19)29-16-25-27-24(29)32-15-22(30)26-20-6-3-5-18(13-20)14-28-12-4-7-23(28)31/h3,5-6,8-11,13,16-17H,4,7,12,14-15H2,1-2H3,(H,26,30). The van der Waals surface area contributed by atoms with Crippen molar-refractivity contribution in [3.8, 4) is 5.69 Å². The van der Waals surface area contributed by atoms with Gasteiger partial charge >= 0.3 is 0 Å². The van der Waals surface area contributed by atoms with Gasteiger partial charge < -0.3 is 10.2 Å². The molecule has 2 aromatic carbocycles. The largest absolute Gasteiger partial charge is 0.338 e. The molecule has 4 rings (SSSR count). The normalized spacial score (nSPS) is 13.7. The van der Waals surface area contributed by atoms with E-state index in [4.69, 9.17) is 0 Å². The number of hydrogen-bond acceptors (Lipinski definition) is 5. The quantitative estimate of drug-likeness (QED) is 0.520. The first-order valence-electron chi connectivity index (χ1n) is 10.8. The van der Waals surface area contributed by atoms with E-state index in [9.17, 15) is 9.59 Å². The number of likely N-dealkylation sites (tertiary alicyclic amines) is 1. The van der Waals surface area contributed by atoms with Crippen molar-refractivity contribution in [2.75, 3.05) is 17.6 Å². The van der Waals surface area contributed by atoms with Gasteiger partial charge in [0, 0.05) is 30.9 Å². The number of rotatable bonds is 8. The van der Waals surface area contributed by atoms with Crippen molar-refractivity contribution in [3.63, 3.8) is 0 Å². The number of carbonyl (C=O) groups is 2. The zero-order chi connectivity index (χ0) is 22.5. The molecule has 0 radical (unpaired) electrons. The average molecular weight is 450 g/mol. The number of benzene rings is 2. The van der Waals surface area contributed by atoms with Crippen molar-refractivity contribution in [1.29, 1.82) is 0 Å². The van der Waals surface area contributed by atoms with Crippen LogP contribution in [0.4, 0.5) is 5.69 Å². The minimum absolute atomic E-state index is 0.117. The number of nitrogens with zero attached hydrogens (tertiary/aromatic N) is 4. The second kappa shape index (κ2) is 9.99. The van der Waals surface area contributed by atoms with Crippen LogP contribution in [0.5, 0.6) is 0 Å². The molecule has 166 valence electrons. The van der Waals surface area contributed by atoms with Gasteiger partial charge in [-0.25, -0.2) is 0 Å². The highest BCUT2D eigenvalue weighted by Crippen LogP contribution is 2.22. The predicted octanol–water partition coefficient (Wildman–Crippen LogP) is 4.24. The predicted molar refractivity (Wildman–Crippen MR) is 126 cm³/mol. The topological polar surface area (TPSA) is 80.1 Å². The Hall–Kier alpha value is -3.13. The van der Waals surface area contributed by atoms with Gasteiger partial charge in [-0.05, 0) is 47.7 Å². The van der Waals surface area contributed by atoms with E-state index in [0.29, 0.717) is 24.0 Å². The molecule has 0 spiro atoms. The SMILES string of the molecule is CC(C)c1ccc(-n2cnnc2SCC(=O)Nc2cccc(CN3CCCC3=O)c2)cc1. The number of anilines is 1. The summed E-state index contributed by atoms with van der Waals surface area (Å²) in [5.41, 5.74) is 3.97. The fourth-order valence-corrected chi connectivity index (χ4v) is 4.41. The summed E-state index contributed by atoms with van der Waals surface area (Å²) in [5, 5.41) is 11.8. The summed E-state index contributed by atoms with van der Waals surface area (Å²) in [6.07, 6.45) is 3.20. The Morgan fingerprint density at radius 2 is 2.00 bits per heavy atom. The summed E-state index contributed by atoms with van der Waals surface area (Å²) in [7, 11) is 0. The first-order valence-corrected chi connectivity index (χ1v) is 11.8. The lowest BCUT2D eigenvalue weighted by Crippen LogP contribution is -2.23. The van der Waals surface area contributed by atoms with Crippen molar-refractivity contribution < 1.29 is 9.59 Å². The Morgan fingerprint density at radius 1 is 1.19 bits per heavy atom. The Kier molecular flexibility index (Phi) is 6.90. The molecule has 1 aliphatic rings. The third-order valence-electron chi connectivity index (χ3n) is 5.44. The Morgan fingerprint density at radius 3 is 2.72 bits per heavy atom. The van der Waals surface area contributed by atoms with Gasteiger partial charge in [-0.3, -0.25) is 14.2 Å². The van der Waals surface area contributed by atoms with E-state index in [-0.39, 0.29) is 17.6 Å². The minimum atomic E-state index is -0.117. The maximum atomic E-state index is 12.5. The molecule has 1 aromatic heterocycles. The molecule has 8 heteroatoms. The van der Waals surface area contributed by atoms with Crippen LogP contribution < -0.4 is 5.32 Å². The Labute approximate surface area is 192 Å². The number of nitrogens with one attached hydrogen (secondary N) is 1. The second-order valence-corrected chi connectivity index (χ2v) is 9.13. The second-order valence-electron chi connectivity index (χ2n) is 8.19. The minimum Gasteiger partial charge on any atom is -0.338 e. The average Bonchev–Trinajstić information content (AvgIpc) is 3.41. The molecule has 1 N–H and O–H groups in total. The van der Waals surface area contributed by atoms with Crippen LogP contribution in [0.2, 0.25) is 0 Å². The summed E-state index contributed by atoms with van der Waals surface area (Å²) >= 11 is 1.34. The molecular formula is C24H27N5O2S. The van der Waals surface area contributed by atoms with Crippen molar-refractivity contribution in [1.82, 2.24) is 19.7 Å². The molecule has 0 bridgehead atoms. The smallest absolute Gasteiger partial charge is 0.234 e. The van der Waals surface area contributed by atoms with E-state index >= 15 is 0 Å². The van der Waals surface area contributed by atoms with Gasteiger partial charge in [0.2, 0.25) is 11.8 Å². The molecule has 1 aliphatic heterocycles. The fourth-order valence-electron chi connectivity index (χ4n) is 3.69. The lowest BCUT2D eigenvalue weighted by atomic mass is 10.0. The summed E-state index contributed by atoms with van der Waals surface area (Å²) < 4.78 is 1.88. The van der Waals surface area contributed by atoms with Crippen molar-refractivity contribution >= 4 is 29.3 Å². The fraction of sp³-hybridized carbons (Fsp3) is 0.333. The summed E-state index contributed by atoms with van der Waals surface area (Å²) in [4.78, 5) is 26.2. The first kappa shape index (κ1) is 22.1. The van der Waals surface area contributed by atoms with E-state index in [0.717, 1.165) is 29.9 Å². The van der Waals surface area contributed by atoms with E-state index in [2.05, 4.69) is 41.5 Å². The van der Waals surface area contributed by atoms with Crippen molar-refractivity contribution in [2.45, 2.75) is 44.3 Å². The lowest BCUT2D eigenvalue weighted by molar-refractivity contribution is -0.128. The van der Waals surface area contributed by atoms with Crippen LogP contribution in [-0.2, 0) is 16.1 Å². The van der Waals surface area contributed by atoms with Crippen LogP contribution in [0.3, 0.4) is 0 Å². The molecule has 0 aliphatic carbocycles. The molecule has 2 heterocycles. The van der Waals surface area contributed by atoms with E-state index < -0.39 is 0 Å². The zero-order valence-electron chi connectivity index (χ0n) is 18.3. The third-order valence-corrected chi connectivity index (χ3v) is 6.39. The van der Waals surface area contributed by atoms with E-state index in [1.807, 2.05) is 45.9 Å². The molecule has 3 aromatic rings. The molecule has 0 atom stereocenters. The summed E-state index contributed by atoms with van der Waals surface area (Å²) in [5.74, 6) is 0.766. The summed E-state index contributed by atoms with van der Waals surface area (Å²) in [6.45, 7) is 5.70. The highest BCUT2D eigenvalue weighted by atomic mass is 32.2. The van der Waals surface area contributed by atoms with Crippen LogP contribution in [0.25, 0.3) is 5.69 Å². The lowest BCUT2D eigenvalue weighted by Gasteiger charge is -2.16. The van der Waals surface area contributed by atoms with Crippen LogP contribution in [0.1, 0.15) is 43.7 Å². The van der Waals surface area contributed by atoms with E-state index in [1.165, 1.54) is 17.3 Å². The van der Waals surface area contributed by atoms with Gasteiger partial charge in [0.05, 0.1) is 5.75 Å². The molecular weight excluding hydrogens is 422 g/mol. The van der Waals surface area contributed by atoms with Gasteiger partial charge in [0.1, 0.15) is 6.33 Å². The van der Waals surface area contributed by atoms with Crippen LogP contribution in [-0.4, -0.2) is 43.8 Å². The maximum absolute atomic E-state index is 12.5. The molecule has 32 heavy (non-hydrogen) atoms. The Balaban J connectivity index is 1.34. The van der Waals surface area contributed by atoms with Gasteiger partial charge in [-0.1, -0.05) is 49.9 Å². The van der Waals surface area contributed by atoms with Gasteiger partial charge in [0.25, 0.3) is 0 Å². The van der Waals surface area contributed by atoms with Crippen molar-refractivity contribution in [3.05, 3.63) is 66.0 Å². The van der Waals surface area contributed by atoms with Gasteiger partial charge in [-0.2, -0.15) is 0 Å². The van der Waals surface area contributed by atoms with Crippen LogP contribution >= 0.6 is 11.8 Å². The monoisotopic (exact) mass is 449 g/mol. The highest BCUT2D eigenvalue weighted by Gasteiger charge is 2.20. The summed E-state index contributed by atoms with van der Waals surface area (Å²) in [6, 6.07) is 15.9. The van der Waals surface area contributed by atoms with E-state index in [1.54, 1.807) is 6.33 Å². The van der Waals surface area contributed by atoms with Crippen LogP contribution in [0, 0.1) is 0 Å². The number of aromatic nitrogens is 3. The maximum Gasteiger partial charge on any atom is 0.234 e. The number of carbonyl (C=O) groups excluding carboxylic acids is 2. The number of amides is 2. The zero-order valence-corrected chi connectivity index (χ0v) is 19.1. The van der Waals surface area contributed by atoms with Gasteiger partial charge in [-0.15, -0.1) is 10.2 Å². The van der Waals surface area contributed by atoms with Crippen LogP contribution in [0.15, 0.2) is 60.0 Å². The molecule has 2 amide bonds. The molecule has 0 unspecified atom stereocenters. The molecule has 7 nitrogen and oxygen atoms in total. The van der Waals surface area contributed by atoms with Gasteiger partial charge in [0.15, 0.2) is 5.16 Å². The number of thioether (sulfide) groups is 1. The third kappa shape index (κ3) is 5.37. The molecule has 1 saturated heterocycles.